The van der Waals surface area contributed by atoms with Crippen molar-refractivity contribution in [2.45, 2.75) is 22.7 Å². The molecule has 0 radical (unpaired) electrons. The number of H-pyrrole nitrogens is 2. The summed E-state index contributed by atoms with van der Waals surface area (Å²) in [5.41, 5.74) is 15.0. The third-order valence-corrected chi connectivity index (χ3v) is 8.80. The number of primary amides is 2. The number of rotatable bonds is 11. The zero-order valence-corrected chi connectivity index (χ0v) is 20.3. The van der Waals surface area contributed by atoms with Crippen LogP contribution < -0.4 is 11.5 Å². The standard InChI is InChI=1S/C24H26N4O4S2/c1-31-19(15-11-27-17-9-5-3-7-13(15)17)21(23(25)29)33-34-22(24(26)30)20(32-2)16-12-28-18-10-6-4-8-14(16)18/h3-12,19-22,27-28H,1-2H3,(H2,25,29)(H2,26,30). The van der Waals surface area contributed by atoms with Crippen LogP contribution in [-0.4, -0.2) is 46.5 Å². The van der Waals surface area contributed by atoms with Crippen molar-refractivity contribution >= 4 is 55.2 Å². The predicted molar refractivity (Wildman–Crippen MR) is 137 cm³/mol. The molecule has 0 fully saturated rings. The Kier molecular flexibility index (Phi) is 7.52. The maximum atomic E-state index is 12.5. The number of aromatic amines is 2. The normalized spacial score (nSPS) is 15.2. The number of hydrogen-bond acceptors (Lipinski definition) is 6. The molecule has 0 saturated heterocycles. The van der Waals surface area contributed by atoms with Crippen molar-refractivity contribution in [2.75, 3.05) is 14.2 Å². The van der Waals surface area contributed by atoms with Gasteiger partial charge in [0.15, 0.2) is 0 Å². The molecule has 178 valence electrons. The van der Waals surface area contributed by atoms with Crippen molar-refractivity contribution in [3.63, 3.8) is 0 Å². The first-order valence-electron chi connectivity index (χ1n) is 10.5. The van der Waals surface area contributed by atoms with E-state index in [1.165, 1.54) is 14.2 Å². The maximum Gasteiger partial charge on any atom is 0.234 e. The van der Waals surface area contributed by atoms with E-state index in [-0.39, 0.29) is 0 Å². The average Bonchev–Trinajstić information content (AvgIpc) is 3.45. The van der Waals surface area contributed by atoms with Crippen LogP contribution in [0.1, 0.15) is 23.3 Å². The van der Waals surface area contributed by atoms with Gasteiger partial charge in [-0.2, -0.15) is 0 Å². The van der Waals surface area contributed by atoms with E-state index in [4.69, 9.17) is 20.9 Å². The zero-order valence-electron chi connectivity index (χ0n) is 18.7. The minimum atomic E-state index is -0.781. The van der Waals surface area contributed by atoms with Crippen LogP contribution in [0, 0.1) is 0 Å². The summed E-state index contributed by atoms with van der Waals surface area (Å²) in [4.78, 5) is 31.4. The topological polar surface area (TPSA) is 136 Å². The van der Waals surface area contributed by atoms with Crippen LogP contribution in [-0.2, 0) is 19.1 Å². The Morgan fingerprint density at radius 2 is 1.12 bits per heavy atom. The van der Waals surface area contributed by atoms with Gasteiger partial charge in [-0.05, 0) is 12.1 Å². The summed E-state index contributed by atoms with van der Waals surface area (Å²) in [5, 5.41) is 0.311. The van der Waals surface area contributed by atoms with Gasteiger partial charge in [0.1, 0.15) is 22.7 Å². The van der Waals surface area contributed by atoms with Crippen molar-refractivity contribution in [2.24, 2.45) is 11.5 Å². The van der Waals surface area contributed by atoms with Crippen molar-refractivity contribution in [3.05, 3.63) is 72.1 Å². The summed E-state index contributed by atoms with van der Waals surface area (Å²) >= 11 is 0. The largest absolute Gasteiger partial charge is 0.375 e. The van der Waals surface area contributed by atoms with Crippen LogP contribution in [0.4, 0.5) is 0 Å². The van der Waals surface area contributed by atoms with E-state index in [2.05, 4.69) is 9.97 Å². The van der Waals surface area contributed by atoms with E-state index in [9.17, 15) is 9.59 Å². The number of carbonyl (C=O) groups is 2. The molecular weight excluding hydrogens is 472 g/mol. The number of aromatic nitrogens is 2. The Bertz CT molecular complexity index is 1200. The van der Waals surface area contributed by atoms with Gasteiger partial charge >= 0.3 is 0 Å². The van der Waals surface area contributed by atoms with Gasteiger partial charge in [0.05, 0.1) is 0 Å². The van der Waals surface area contributed by atoms with Crippen molar-refractivity contribution in [1.29, 1.82) is 0 Å². The molecule has 0 aliphatic rings. The molecule has 34 heavy (non-hydrogen) atoms. The monoisotopic (exact) mass is 498 g/mol. The Hall–Kier alpha value is -2.92. The van der Waals surface area contributed by atoms with E-state index in [0.717, 1.165) is 54.5 Å². The van der Waals surface area contributed by atoms with Gasteiger partial charge in [-0.1, -0.05) is 58.0 Å². The number of ether oxygens (including phenoxy) is 2. The van der Waals surface area contributed by atoms with E-state index < -0.39 is 34.5 Å². The summed E-state index contributed by atoms with van der Waals surface area (Å²) in [5.74, 6) is -1.11. The highest BCUT2D eigenvalue weighted by atomic mass is 33.1. The molecule has 0 aliphatic heterocycles. The van der Waals surface area contributed by atoms with Gasteiger partial charge in [0, 0.05) is 59.5 Å². The quantitative estimate of drug-likeness (QED) is 0.232. The van der Waals surface area contributed by atoms with Crippen LogP contribution >= 0.6 is 21.6 Å². The molecule has 0 saturated carbocycles. The summed E-state index contributed by atoms with van der Waals surface area (Å²) in [6.07, 6.45) is 2.37. The fourth-order valence-electron chi connectivity index (χ4n) is 4.10. The van der Waals surface area contributed by atoms with Crippen LogP contribution in [0.25, 0.3) is 21.8 Å². The highest BCUT2D eigenvalue weighted by Gasteiger charge is 2.36. The number of carbonyl (C=O) groups excluding carboxylic acids is 2. The molecule has 0 aliphatic carbocycles. The first-order chi connectivity index (χ1) is 16.5. The SMILES string of the molecule is COC(c1c[nH]c2ccccc12)C(SSC(C(N)=O)C(OC)c1c[nH]c2ccccc12)C(N)=O. The Balaban J connectivity index is 1.61. The van der Waals surface area contributed by atoms with Crippen LogP contribution in [0.2, 0.25) is 0 Å². The Morgan fingerprint density at radius 1 is 0.735 bits per heavy atom. The summed E-state index contributed by atoms with van der Waals surface area (Å²) in [6, 6.07) is 15.5. The third-order valence-electron chi connectivity index (χ3n) is 5.74. The average molecular weight is 499 g/mol. The van der Waals surface area contributed by atoms with Crippen molar-refractivity contribution in [3.8, 4) is 0 Å². The van der Waals surface area contributed by atoms with Crippen molar-refractivity contribution in [1.82, 2.24) is 9.97 Å². The number of para-hydroxylation sites is 2. The van der Waals surface area contributed by atoms with Crippen LogP contribution in [0.5, 0.6) is 0 Å². The van der Waals surface area contributed by atoms with Gasteiger partial charge in [-0.25, -0.2) is 0 Å². The molecule has 8 nitrogen and oxygen atoms in total. The van der Waals surface area contributed by atoms with Gasteiger partial charge in [-0.15, -0.1) is 0 Å². The highest BCUT2D eigenvalue weighted by molar-refractivity contribution is 8.77. The number of benzene rings is 2. The molecule has 4 aromatic rings. The Morgan fingerprint density at radius 3 is 1.47 bits per heavy atom. The summed E-state index contributed by atoms with van der Waals surface area (Å²) < 4.78 is 11.5. The van der Waals surface area contributed by atoms with Gasteiger partial charge in [0.2, 0.25) is 11.8 Å². The molecule has 4 unspecified atom stereocenters. The second-order valence-electron chi connectivity index (χ2n) is 7.73. The number of nitrogens with two attached hydrogens (primary N) is 2. The molecule has 2 heterocycles. The predicted octanol–water partition coefficient (Wildman–Crippen LogP) is 3.81. The molecule has 4 atom stereocenters. The number of amides is 2. The molecule has 2 aromatic heterocycles. The molecule has 0 spiro atoms. The molecule has 2 aromatic carbocycles. The van der Waals surface area contributed by atoms with E-state index >= 15 is 0 Å². The fraction of sp³-hybridized carbons (Fsp3) is 0.250. The minimum Gasteiger partial charge on any atom is -0.375 e. The summed E-state index contributed by atoms with van der Waals surface area (Å²) in [7, 11) is 5.39. The number of methoxy groups -OCH3 is 2. The minimum absolute atomic E-state index is 0.557. The molecule has 2 amide bonds. The van der Waals surface area contributed by atoms with Crippen LogP contribution in [0.3, 0.4) is 0 Å². The Labute approximate surface area is 204 Å². The fourth-order valence-corrected chi connectivity index (χ4v) is 7.14. The number of hydrogen-bond donors (Lipinski definition) is 4. The zero-order chi connectivity index (χ0) is 24.2. The first kappa shape index (κ1) is 24.2. The van der Waals surface area contributed by atoms with E-state index in [1.807, 2.05) is 60.9 Å². The summed E-state index contributed by atoms with van der Waals surface area (Å²) in [6.45, 7) is 0. The smallest absolute Gasteiger partial charge is 0.234 e. The van der Waals surface area contributed by atoms with Crippen molar-refractivity contribution < 1.29 is 19.1 Å². The lowest BCUT2D eigenvalue weighted by molar-refractivity contribution is -0.120. The molecule has 10 heteroatoms. The molecule has 0 bridgehead atoms. The van der Waals surface area contributed by atoms with Gasteiger partial charge in [-0.3, -0.25) is 9.59 Å². The highest BCUT2D eigenvalue weighted by Crippen LogP contribution is 2.44. The second-order valence-corrected chi connectivity index (χ2v) is 10.3. The molecule has 6 N–H and O–H groups in total. The lowest BCUT2D eigenvalue weighted by atomic mass is 10.0. The van der Waals surface area contributed by atoms with Gasteiger partial charge < -0.3 is 30.9 Å². The van der Waals surface area contributed by atoms with Crippen LogP contribution in [0.15, 0.2) is 60.9 Å². The van der Waals surface area contributed by atoms with Gasteiger partial charge in [0.25, 0.3) is 0 Å². The molecule has 4 rings (SSSR count). The third kappa shape index (κ3) is 4.67. The first-order valence-corrected chi connectivity index (χ1v) is 12.8. The number of nitrogens with one attached hydrogen (secondary N) is 2. The number of fused-ring (bicyclic) bond motifs is 2. The lowest BCUT2D eigenvalue weighted by Crippen LogP contribution is -2.35. The maximum absolute atomic E-state index is 12.5. The van der Waals surface area contributed by atoms with E-state index in [0.29, 0.717) is 0 Å². The molecular formula is C24H26N4O4S2. The van der Waals surface area contributed by atoms with E-state index in [1.54, 1.807) is 0 Å². The second kappa shape index (κ2) is 10.6. The lowest BCUT2D eigenvalue weighted by Gasteiger charge is -2.26.